The Bertz CT molecular complexity index is 912. The molecule has 1 heterocycles. The molecule has 0 bridgehead atoms. The fourth-order valence-corrected chi connectivity index (χ4v) is 3.82. The third-order valence-corrected chi connectivity index (χ3v) is 5.96. The van der Waals surface area contributed by atoms with Gasteiger partial charge in [0.25, 0.3) is 0 Å². The van der Waals surface area contributed by atoms with E-state index in [9.17, 15) is 13.5 Å². The molecule has 26 heavy (non-hydrogen) atoms. The second-order valence-electron chi connectivity index (χ2n) is 5.89. The average Bonchev–Trinajstić information content (AvgIpc) is 2.90. The zero-order valence-electron chi connectivity index (χ0n) is 13.9. The van der Waals surface area contributed by atoms with Crippen LogP contribution in [0.15, 0.2) is 66.2 Å². The Kier molecular flexibility index (Phi) is 5.13. The molecule has 1 aliphatic rings. The van der Waals surface area contributed by atoms with Gasteiger partial charge in [-0.15, -0.1) is 0 Å². The van der Waals surface area contributed by atoms with Gasteiger partial charge in [0.15, 0.2) is 12.2 Å². The van der Waals surface area contributed by atoms with Gasteiger partial charge >= 0.3 is 10.1 Å². The van der Waals surface area contributed by atoms with Crippen molar-refractivity contribution in [3.63, 3.8) is 0 Å². The Hall–Kier alpha value is -2.22. The zero-order valence-corrected chi connectivity index (χ0v) is 15.4. The first kappa shape index (κ1) is 18.6. The van der Waals surface area contributed by atoms with Crippen LogP contribution in [0.2, 0.25) is 5.02 Å². The molecular formula is C18H18ClNO5S. The van der Waals surface area contributed by atoms with E-state index < -0.39 is 27.6 Å². The van der Waals surface area contributed by atoms with Crippen molar-refractivity contribution in [2.24, 2.45) is 5.73 Å². The van der Waals surface area contributed by atoms with Crippen molar-refractivity contribution in [2.75, 3.05) is 0 Å². The maximum Gasteiger partial charge on any atom is 0.316 e. The number of aliphatic hydroxyl groups is 1. The Morgan fingerprint density at radius 2 is 1.77 bits per heavy atom. The predicted octanol–water partition coefficient (Wildman–Crippen LogP) is 3.01. The van der Waals surface area contributed by atoms with Crippen molar-refractivity contribution >= 4 is 21.7 Å². The van der Waals surface area contributed by atoms with Crippen LogP contribution in [0, 0.1) is 0 Å². The molecule has 2 aromatic carbocycles. The summed E-state index contributed by atoms with van der Waals surface area (Å²) in [7, 11) is -4.07. The third kappa shape index (κ3) is 3.65. The van der Waals surface area contributed by atoms with Gasteiger partial charge in [-0.3, -0.25) is 0 Å². The van der Waals surface area contributed by atoms with E-state index >= 15 is 0 Å². The van der Waals surface area contributed by atoms with Crippen molar-refractivity contribution in [1.29, 1.82) is 0 Å². The second kappa shape index (κ2) is 7.19. The number of rotatable bonds is 5. The molecule has 3 N–H and O–H groups in total. The Balaban J connectivity index is 1.80. The summed E-state index contributed by atoms with van der Waals surface area (Å²) in [5, 5.41) is 10.1. The fourth-order valence-electron chi connectivity index (χ4n) is 2.62. The fraction of sp³-hybridized carbons (Fsp3) is 0.222. The molecule has 138 valence electrons. The molecule has 0 aliphatic carbocycles. The summed E-state index contributed by atoms with van der Waals surface area (Å²) in [5.74, 6) is -0.575. The van der Waals surface area contributed by atoms with Gasteiger partial charge < -0.3 is 19.8 Å². The monoisotopic (exact) mass is 395 g/mol. The van der Waals surface area contributed by atoms with Crippen molar-refractivity contribution in [3.8, 4) is 0 Å². The summed E-state index contributed by atoms with van der Waals surface area (Å²) in [6, 6.07) is 15.2. The van der Waals surface area contributed by atoms with Crippen molar-refractivity contribution in [1.82, 2.24) is 0 Å². The van der Waals surface area contributed by atoms with E-state index in [4.69, 9.17) is 26.3 Å². The average molecular weight is 396 g/mol. The molecule has 0 radical (unpaired) electrons. The molecule has 0 aromatic heterocycles. The van der Waals surface area contributed by atoms with Gasteiger partial charge in [0.1, 0.15) is 5.25 Å². The number of hydrogen-bond acceptors (Lipinski definition) is 6. The lowest BCUT2D eigenvalue weighted by atomic mass is 10.0. The Labute approximate surface area is 156 Å². The van der Waals surface area contributed by atoms with Gasteiger partial charge in [-0.25, -0.2) is 0 Å². The molecule has 0 fully saturated rings. The van der Waals surface area contributed by atoms with Crippen LogP contribution < -0.4 is 5.73 Å². The van der Waals surface area contributed by atoms with Crippen LogP contribution in [0.25, 0.3) is 0 Å². The summed E-state index contributed by atoms with van der Waals surface area (Å²) in [4.78, 5) is 0. The summed E-state index contributed by atoms with van der Waals surface area (Å²) in [6.45, 7) is 1.50. The number of ether oxygens (including phenoxy) is 1. The third-order valence-electron chi connectivity index (χ3n) is 4.16. The van der Waals surface area contributed by atoms with Crippen LogP contribution in [-0.2, 0) is 19.0 Å². The number of nitrogens with two attached hydrogens (primary N) is 1. The molecule has 1 aliphatic heterocycles. The molecule has 0 amide bonds. The number of hydrogen-bond donors (Lipinski definition) is 2. The molecule has 0 saturated carbocycles. The van der Waals surface area contributed by atoms with Crippen LogP contribution >= 0.6 is 11.6 Å². The van der Waals surface area contributed by atoms with Gasteiger partial charge in [0.05, 0.1) is 0 Å². The lowest BCUT2D eigenvalue weighted by Crippen LogP contribution is -2.22. The van der Waals surface area contributed by atoms with Gasteiger partial charge in [-0.05, 0) is 30.2 Å². The van der Waals surface area contributed by atoms with E-state index in [2.05, 4.69) is 0 Å². The minimum absolute atomic E-state index is 0.263. The molecule has 3 rings (SSSR count). The normalized spacial score (nSPS) is 21.3. The van der Waals surface area contributed by atoms with Crippen molar-refractivity contribution in [3.05, 3.63) is 82.4 Å². The van der Waals surface area contributed by atoms with Gasteiger partial charge in [-0.1, -0.05) is 54.1 Å². The highest BCUT2D eigenvalue weighted by Crippen LogP contribution is 2.37. The summed E-state index contributed by atoms with van der Waals surface area (Å²) in [5.41, 5.74) is 6.91. The van der Waals surface area contributed by atoms with Crippen LogP contribution in [0.3, 0.4) is 0 Å². The minimum atomic E-state index is -4.07. The number of aliphatic hydroxyl groups excluding tert-OH is 1. The van der Waals surface area contributed by atoms with Crippen LogP contribution in [0.4, 0.5) is 0 Å². The highest BCUT2D eigenvalue weighted by atomic mass is 35.5. The summed E-state index contributed by atoms with van der Waals surface area (Å²) < 4.78 is 35.7. The highest BCUT2D eigenvalue weighted by molar-refractivity contribution is 7.87. The van der Waals surface area contributed by atoms with Crippen LogP contribution in [0.1, 0.15) is 29.4 Å². The van der Waals surface area contributed by atoms with Crippen molar-refractivity contribution < 1.29 is 22.4 Å². The smallest absolute Gasteiger partial charge is 0.316 e. The molecule has 6 nitrogen and oxygen atoms in total. The van der Waals surface area contributed by atoms with E-state index in [1.165, 1.54) is 6.92 Å². The van der Waals surface area contributed by atoms with Gasteiger partial charge in [0.2, 0.25) is 11.6 Å². The standard InChI is InChI=1S/C18H18ClNO5S/c1-11(12-5-3-2-4-6-12)26(22,23)25-17-15(21)16(24-18(17)20)13-7-9-14(19)10-8-13/h2-11,15-16,21H,20H2,1H3. The van der Waals surface area contributed by atoms with E-state index in [1.807, 2.05) is 0 Å². The molecule has 0 saturated heterocycles. The summed E-state index contributed by atoms with van der Waals surface area (Å²) >= 11 is 5.85. The predicted molar refractivity (Wildman–Crippen MR) is 97.4 cm³/mol. The van der Waals surface area contributed by atoms with Gasteiger partial charge in [0, 0.05) is 5.02 Å². The Morgan fingerprint density at radius 3 is 2.38 bits per heavy atom. The first-order valence-corrected chi connectivity index (χ1v) is 9.72. The molecular weight excluding hydrogens is 378 g/mol. The lowest BCUT2D eigenvalue weighted by molar-refractivity contribution is 0.0407. The second-order valence-corrected chi connectivity index (χ2v) is 8.19. The lowest BCUT2D eigenvalue weighted by Gasteiger charge is -2.18. The molecule has 3 atom stereocenters. The van der Waals surface area contributed by atoms with E-state index in [0.717, 1.165) is 0 Å². The topological polar surface area (TPSA) is 98.9 Å². The molecule has 2 aromatic rings. The maximum absolute atomic E-state index is 12.6. The first-order chi connectivity index (χ1) is 12.3. The van der Waals surface area contributed by atoms with Crippen molar-refractivity contribution in [2.45, 2.75) is 24.4 Å². The minimum Gasteiger partial charge on any atom is -0.465 e. The SMILES string of the molecule is CC(c1ccccc1)S(=O)(=O)OC1=C(N)OC(c2ccc(Cl)cc2)C1O. The maximum atomic E-state index is 12.6. The summed E-state index contributed by atoms with van der Waals surface area (Å²) in [6.07, 6.45) is -2.22. The zero-order chi connectivity index (χ0) is 18.9. The molecule has 0 spiro atoms. The van der Waals surface area contributed by atoms with E-state index in [0.29, 0.717) is 16.1 Å². The number of halogens is 1. The van der Waals surface area contributed by atoms with E-state index in [-0.39, 0.29) is 11.6 Å². The largest absolute Gasteiger partial charge is 0.465 e. The quantitative estimate of drug-likeness (QED) is 0.755. The van der Waals surface area contributed by atoms with E-state index in [1.54, 1.807) is 54.6 Å². The van der Waals surface area contributed by atoms with Crippen LogP contribution in [-0.4, -0.2) is 19.6 Å². The Morgan fingerprint density at radius 1 is 1.15 bits per heavy atom. The van der Waals surface area contributed by atoms with Crippen LogP contribution in [0.5, 0.6) is 0 Å². The number of benzene rings is 2. The highest BCUT2D eigenvalue weighted by Gasteiger charge is 2.40. The molecule has 3 unspecified atom stereocenters. The first-order valence-electron chi connectivity index (χ1n) is 7.87. The molecule has 8 heteroatoms. The van der Waals surface area contributed by atoms with Gasteiger partial charge in [-0.2, -0.15) is 8.42 Å².